The minimum atomic E-state index is -0.750. The fourth-order valence-corrected chi connectivity index (χ4v) is 4.04. The van der Waals surface area contributed by atoms with E-state index in [0.29, 0.717) is 0 Å². The van der Waals surface area contributed by atoms with Crippen LogP contribution >= 0.6 is 11.6 Å². The maximum atomic E-state index is 10.1. The van der Waals surface area contributed by atoms with Crippen LogP contribution in [0.25, 0.3) is 0 Å². The smallest absolute Gasteiger partial charge is 0.125 e. The predicted molar refractivity (Wildman–Crippen MR) is 137 cm³/mol. The molecule has 0 saturated carbocycles. The van der Waals surface area contributed by atoms with Crippen LogP contribution in [0.1, 0.15) is 47.2 Å². The summed E-state index contributed by atoms with van der Waals surface area (Å²) in [6, 6.07) is 8.54. The van der Waals surface area contributed by atoms with Gasteiger partial charge in [-0.1, -0.05) is 44.0 Å². The quantitative estimate of drug-likeness (QED) is 0.259. The van der Waals surface area contributed by atoms with E-state index in [1.54, 1.807) is 0 Å². The van der Waals surface area contributed by atoms with Crippen LogP contribution in [0.4, 0.5) is 0 Å². The summed E-state index contributed by atoms with van der Waals surface area (Å²) in [7, 11) is 0. The molecule has 0 aromatic heterocycles. The van der Waals surface area contributed by atoms with Crippen molar-refractivity contribution in [2.45, 2.75) is 59.2 Å². The van der Waals surface area contributed by atoms with Crippen LogP contribution in [-0.4, -0.2) is 54.7 Å². The lowest BCUT2D eigenvalue weighted by Crippen LogP contribution is -2.24. The molecule has 2 N–H and O–H groups in total. The summed E-state index contributed by atoms with van der Waals surface area (Å²) in [6.07, 6.45) is 3.71. The molecule has 0 spiro atoms. The Morgan fingerprint density at radius 2 is 1.24 bits per heavy atom. The van der Waals surface area contributed by atoms with Crippen LogP contribution in [0.3, 0.4) is 0 Å². The van der Waals surface area contributed by atoms with Crippen molar-refractivity contribution in [3.05, 3.63) is 57.6 Å². The van der Waals surface area contributed by atoms with Crippen LogP contribution < -0.4 is 9.47 Å². The molecule has 6 heteroatoms. The fourth-order valence-electron chi connectivity index (χ4n) is 3.95. The lowest BCUT2D eigenvalue weighted by Gasteiger charge is -2.29. The number of aliphatic hydroxyl groups excluding tert-OH is 2. The minimum Gasteiger partial charge on any atom is -0.490 e. The lowest BCUT2D eigenvalue weighted by molar-refractivity contribution is 0.0226. The van der Waals surface area contributed by atoms with Gasteiger partial charge in [0.2, 0.25) is 0 Å². The number of ether oxygens (including phenoxy) is 3. The summed E-state index contributed by atoms with van der Waals surface area (Å²) >= 11 is 5.68. The van der Waals surface area contributed by atoms with Gasteiger partial charge in [0, 0.05) is 5.41 Å². The molecule has 5 nitrogen and oxygen atoms in total. The van der Waals surface area contributed by atoms with E-state index >= 15 is 0 Å². The highest BCUT2D eigenvalue weighted by Gasteiger charge is 2.26. The van der Waals surface area contributed by atoms with E-state index in [0.717, 1.165) is 39.3 Å². The number of halogens is 1. The van der Waals surface area contributed by atoms with Crippen molar-refractivity contribution in [2.24, 2.45) is 0 Å². The average Bonchev–Trinajstić information content (AvgIpc) is 2.77. The Morgan fingerprint density at radius 3 is 1.62 bits per heavy atom. The molecule has 0 saturated heterocycles. The molecule has 0 heterocycles. The summed E-state index contributed by atoms with van der Waals surface area (Å²) in [5, 5.41) is 19.8. The van der Waals surface area contributed by atoms with Crippen LogP contribution in [0.15, 0.2) is 24.3 Å². The van der Waals surface area contributed by atoms with E-state index in [2.05, 4.69) is 44.0 Å². The van der Waals surface area contributed by atoms with Gasteiger partial charge in [0.15, 0.2) is 0 Å². The van der Waals surface area contributed by atoms with Crippen molar-refractivity contribution in [3.63, 3.8) is 0 Å². The first-order valence-corrected chi connectivity index (χ1v) is 12.0. The maximum Gasteiger partial charge on any atom is 0.125 e. The molecule has 2 aromatic carbocycles. The Morgan fingerprint density at radius 1 is 0.824 bits per heavy atom. The standard InChI is InChI=1S/C28H37ClO5/c1-8-9-32-15-25(31)17-34-27-20(4)12-23(13-21(27)5)28(6,7)22-10-18(2)26(19(3)11-22)33-16-24(30)14-29/h1,10-13,24-25,30-31H,9,14-17H2,2-7H3/t24-,25+/m1/s1. The zero-order chi connectivity index (χ0) is 25.5. The number of hydrogen-bond acceptors (Lipinski definition) is 5. The number of rotatable bonds is 12. The first kappa shape index (κ1) is 28.0. The normalized spacial score (nSPS) is 13.3. The molecule has 0 aliphatic rings. The lowest BCUT2D eigenvalue weighted by atomic mass is 9.76. The number of benzene rings is 2. The third-order valence-corrected chi connectivity index (χ3v) is 6.23. The van der Waals surface area contributed by atoms with Gasteiger partial charge in [-0.05, 0) is 61.1 Å². The number of aryl methyl sites for hydroxylation is 4. The van der Waals surface area contributed by atoms with E-state index in [9.17, 15) is 10.2 Å². The van der Waals surface area contributed by atoms with E-state index in [1.165, 1.54) is 5.56 Å². The highest BCUT2D eigenvalue weighted by Crippen LogP contribution is 2.38. The largest absolute Gasteiger partial charge is 0.490 e. The molecule has 2 rings (SSSR count). The van der Waals surface area contributed by atoms with Crippen molar-refractivity contribution in [3.8, 4) is 23.8 Å². The molecular formula is C28H37ClO5. The molecule has 0 fully saturated rings. The summed E-state index contributed by atoms with van der Waals surface area (Å²) in [5.74, 6) is 4.06. The van der Waals surface area contributed by atoms with Crippen molar-refractivity contribution in [1.29, 1.82) is 0 Å². The fraction of sp³-hybridized carbons (Fsp3) is 0.500. The molecule has 34 heavy (non-hydrogen) atoms. The highest BCUT2D eigenvalue weighted by atomic mass is 35.5. The zero-order valence-electron chi connectivity index (χ0n) is 21.1. The van der Waals surface area contributed by atoms with Gasteiger partial charge in [0.1, 0.15) is 43.5 Å². The topological polar surface area (TPSA) is 68.2 Å². The van der Waals surface area contributed by atoms with Gasteiger partial charge in [0.05, 0.1) is 12.5 Å². The molecule has 2 aromatic rings. The molecule has 2 atom stereocenters. The average molecular weight is 489 g/mol. The predicted octanol–water partition coefficient (Wildman–Crippen LogP) is 4.61. The molecular weight excluding hydrogens is 452 g/mol. The molecule has 0 aliphatic carbocycles. The van der Waals surface area contributed by atoms with Crippen LogP contribution in [-0.2, 0) is 10.2 Å². The van der Waals surface area contributed by atoms with E-state index < -0.39 is 12.2 Å². The number of terminal acetylenes is 1. The first-order chi connectivity index (χ1) is 16.0. The zero-order valence-corrected chi connectivity index (χ0v) is 21.8. The molecule has 186 valence electrons. The summed E-state index contributed by atoms with van der Waals surface area (Å²) < 4.78 is 16.9. The third kappa shape index (κ3) is 7.13. The second kappa shape index (κ2) is 12.5. The van der Waals surface area contributed by atoms with Crippen LogP contribution in [0, 0.1) is 40.0 Å². The van der Waals surface area contributed by atoms with Gasteiger partial charge < -0.3 is 24.4 Å². The molecule has 0 unspecified atom stereocenters. The van der Waals surface area contributed by atoms with Gasteiger partial charge in [-0.3, -0.25) is 0 Å². The van der Waals surface area contributed by atoms with E-state index in [-0.39, 0.29) is 37.7 Å². The van der Waals surface area contributed by atoms with Crippen molar-refractivity contribution < 1.29 is 24.4 Å². The third-order valence-electron chi connectivity index (χ3n) is 5.88. The van der Waals surface area contributed by atoms with Gasteiger partial charge >= 0.3 is 0 Å². The van der Waals surface area contributed by atoms with Crippen LogP contribution in [0.5, 0.6) is 11.5 Å². The molecule has 0 amide bonds. The van der Waals surface area contributed by atoms with Crippen molar-refractivity contribution in [1.82, 2.24) is 0 Å². The Labute approximate surface area is 209 Å². The van der Waals surface area contributed by atoms with E-state index in [1.807, 2.05) is 27.7 Å². The summed E-state index contributed by atoms with van der Waals surface area (Å²) in [6.45, 7) is 13.0. The SMILES string of the molecule is C#CCOC[C@H](O)COc1c(C)cc(C(C)(C)c2cc(C)c(OC[C@H](O)CCl)c(C)c2)cc1C. The highest BCUT2D eigenvalue weighted by molar-refractivity contribution is 6.18. The Hall–Kier alpha value is -2.23. The maximum absolute atomic E-state index is 10.1. The van der Waals surface area contributed by atoms with Gasteiger partial charge in [-0.2, -0.15) is 0 Å². The Kier molecular flexibility index (Phi) is 10.3. The molecule has 0 radical (unpaired) electrons. The Balaban J connectivity index is 2.24. The first-order valence-electron chi connectivity index (χ1n) is 11.4. The monoisotopic (exact) mass is 488 g/mol. The minimum absolute atomic E-state index is 0.132. The van der Waals surface area contributed by atoms with Gasteiger partial charge in [-0.15, -0.1) is 18.0 Å². The number of alkyl halides is 1. The molecule has 0 aliphatic heterocycles. The summed E-state index contributed by atoms with van der Waals surface area (Å²) in [5.41, 5.74) is 6.10. The van der Waals surface area contributed by atoms with Gasteiger partial charge in [0.25, 0.3) is 0 Å². The van der Waals surface area contributed by atoms with Crippen LogP contribution in [0.2, 0.25) is 0 Å². The second-order valence-corrected chi connectivity index (χ2v) is 9.62. The number of hydrogen-bond donors (Lipinski definition) is 2. The molecule has 0 bridgehead atoms. The summed E-state index contributed by atoms with van der Waals surface area (Å²) in [4.78, 5) is 0. The second-order valence-electron chi connectivity index (χ2n) is 9.31. The van der Waals surface area contributed by atoms with Crippen molar-refractivity contribution >= 4 is 11.6 Å². The van der Waals surface area contributed by atoms with Gasteiger partial charge in [-0.25, -0.2) is 0 Å². The van der Waals surface area contributed by atoms with E-state index in [4.69, 9.17) is 32.2 Å². The van der Waals surface area contributed by atoms with Crippen molar-refractivity contribution in [2.75, 3.05) is 32.3 Å². The Bertz CT molecular complexity index is 962. The number of aliphatic hydroxyl groups is 2.